The maximum atomic E-state index is 8.92. The number of rotatable bonds is 5. The number of nitriles is 1. The largest absolute Gasteiger partial charge is 0.339 e. The molecule has 0 radical (unpaired) electrons. The maximum absolute atomic E-state index is 8.92. The van der Waals surface area contributed by atoms with Crippen molar-refractivity contribution in [2.75, 3.05) is 0 Å². The molecular weight excluding hydrogens is 400 g/mol. The second kappa shape index (κ2) is 6.67. The molecule has 5 nitrogen and oxygen atoms in total. The third-order valence-corrected chi connectivity index (χ3v) is 4.46. The van der Waals surface area contributed by atoms with Crippen LogP contribution in [0.2, 0.25) is 0 Å². The summed E-state index contributed by atoms with van der Waals surface area (Å²) in [6, 6.07) is 4.10. The van der Waals surface area contributed by atoms with Gasteiger partial charge in [0.15, 0.2) is 0 Å². The Morgan fingerprint density at radius 3 is 2.81 bits per heavy atom. The van der Waals surface area contributed by atoms with Gasteiger partial charge in [0.1, 0.15) is 5.69 Å². The molecule has 0 aliphatic rings. The van der Waals surface area contributed by atoms with Gasteiger partial charge < -0.3 is 4.52 Å². The number of pyridine rings is 1. The molecule has 1 unspecified atom stereocenters. The van der Waals surface area contributed by atoms with E-state index in [0.717, 1.165) is 15.4 Å². The molecule has 0 fully saturated rings. The van der Waals surface area contributed by atoms with Gasteiger partial charge in [-0.2, -0.15) is 10.2 Å². The van der Waals surface area contributed by atoms with Crippen LogP contribution in [-0.2, 0) is 6.42 Å². The highest BCUT2D eigenvalue weighted by atomic mass is 79.9. The van der Waals surface area contributed by atoms with E-state index in [1.54, 1.807) is 6.20 Å². The summed E-state index contributed by atoms with van der Waals surface area (Å²) in [6.45, 7) is 4.11. The predicted octanol–water partition coefficient (Wildman–Crippen LogP) is 4.53. The fraction of sp³-hybridized carbons (Fsp3) is 0.429. The molecule has 0 saturated carbocycles. The van der Waals surface area contributed by atoms with Crippen LogP contribution in [0.5, 0.6) is 0 Å². The van der Waals surface area contributed by atoms with E-state index in [2.05, 4.69) is 60.0 Å². The summed E-state index contributed by atoms with van der Waals surface area (Å²) in [5, 5.41) is 12.9. The Bertz CT molecular complexity index is 680. The first kappa shape index (κ1) is 16.1. The van der Waals surface area contributed by atoms with Crippen LogP contribution in [0, 0.1) is 16.7 Å². The van der Waals surface area contributed by atoms with Gasteiger partial charge >= 0.3 is 0 Å². The van der Waals surface area contributed by atoms with Crippen molar-refractivity contribution in [1.82, 2.24) is 15.1 Å². The topological polar surface area (TPSA) is 75.6 Å². The summed E-state index contributed by atoms with van der Waals surface area (Å²) < 4.78 is 6.97. The molecule has 7 heteroatoms. The summed E-state index contributed by atoms with van der Waals surface area (Å²) in [5.74, 6) is 0.973. The maximum Gasteiger partial charge on any atom is 0.227 e. The Kier molecular flexibility index (Phi) is 5.12. The van der Waals surface area contributed by atoms with Crippen molar-refractivity contribution in [2.45, 2.75) is 33.1 Å². The number of aromatic nitrogens is 3. The highest BCUT2D eigenvalue weighted by Crippen LogP contribution is 2.31. The molecule has 0 saturated heterocycles. The molecule has 1 atom stereocenters. The quantitative estimate of drug-likeness (QED) is 0.719. The molecule has 21 heavy (non-hydrogen) atoms. The smallest absolute Gasteiger partial charge is 0.227 e. The average molecular weight is 414 g/mol. The van der Waals surface area contributed by atoms with E-state index in [1.807, 2.05) is 13.0 Å². The van der Waals surface area contributed by atoms with Gasteiger partial charge in [0.25, 0.3) is 0 Å². The van der Waals surface area contributed by atoms with Crippen molar-refractivity contribution in [1.29, 1.82) is 5.26 Å². The first-order valence-corrected chi connectivity index (χ1v) is 8.07. The lowest BCUT2D eigenvalue weighted by molar-refractivity contribution is 0.266. The number of halogens is 2. The fourth-order valence-electron chi connectivity index (χ4n) is 1.87. The second-order valence-electron chi connectivity index (χ2n) is 5.17. The fourth-order valence-corrected chi connectivity index (χ4v) is 3.04. The lowest BCUT2D eigenvalue weighted by Crippen LogP contribution is -2.18. The van der Waals surface area contributed by atoms with Crippen LogP contribution < -0.4 is 0 Å². The first-order chi connectivity index (χ1) is 9.97. The Morgan fingerprint density at radius 1 is 1.43 bits per heavy atom. The van der Waals surface area contributed by atoms with Gasteiger partial charge in [-0.25, -0.2) is 0 Å². The van der Waals surface area contributed by atoms with Crippen molar-refractivity contribution >= 4 is 31.9 Å². The molecule has 0 amide bonds. The normalized spacial score (nSPS) is 13.7. The Labute approximate surface area is 140 Å². The zero-order valence-electron chi connectivity index (χ0n) is 11.7. The standard InChI is InChI=1S/C14H14Br2N4O/c1-3-14(2,4-5-17)7-11-19-13(20-21-11)12-10(16)6-9(15)8-18-12/h6,8H,3-4,7H2,1-2H3. The molecule has 110 valence electrons. The van der Waals surface area contributed by atoms with Crippen LogP contribution in [0.4, 0.5) is 0 Å². The van der Waals surface area contributed by atoms with E-state index < -0.39 is 0 Å². The molecule has 2 aromatic rings. The van der Waals surface area contributed by atoms with Gasteiger partial charge in [-0.15, -0.1) is 0 Å². The van der Waals surface area contributed by atoms with Crippen LogP contribution in [0.1, 0.15) is 32.6 Å². The Balaban J connectivity index is 2.24. The van der Waals surface area contributed by atoms with Crippen LogP contribution >= 0.6 is 31.9 Å². The molecule has 2 aromatic heterocycles. The minimum Gasteiger partial charge on any atom is -0.339 e. The van der Waals surface area contributed by atoms with Gasteiger partial charge in [0.05, 0.1) is 6.07 Å². The highest BCUT2D eigenvalue weighted by Gasteiger charge is 2.26. The van der Waals surface area contributed by atoms with Gasteiger partial charge in [0, 0.05) is 28.0 Å². The number of hydrogen-bond donors (Lipinski definition) is 0. The molecule has 0 aliphatic heterocycles. The summed E-state index contributed by atoms with van der Waals surface area (Å²) >= 11 is 6.79. The minimum absolute atomic E-state index is 0.150. The third-order valence-electron chi connectivity index (χ3n) is 3.43. The predicted molar refractivity (Wildman–Crippen MR) is 85.3 cm³/mol. The summed E-state index contributed by atoms with van der Waals surface area (Å²) in [5.41, 5.74) is 0.481. The average Bonchev–Trinajstić information content (AvgIpc) is 2.87. The summed E-state index contributed by atoms with van der Waals surface area (Å²) in [6.07, 6.45) is 3.60. The van der Waals surface area contributed by atoms with Gasteiger partial charge in [-0.1, -0.05) is 19.0 Å². The highest BCUT2D eigenvalue weighted by molar-refractivity contribution is 9.11. The van der Waals surface area contributed by atoms with Crippen molar-refractivity contribution in [3.8, 4) is 17.6 Å². The summed E-state index contributed by atoms with van der Waals surface area (Å²) in [4.78, 5) is 8.67. The van der Waals surface area contributed by atoms with Gasteiger partial charge in [0.2, 0.25) is 11.7 Å². The molecule has 0 aliphatic carbocycles. The van der Waals surface area contributed by atoms with Crippen molar-refractivity contribution in [3.05, 3.63) is 27.1 Å². The van der Waals surface area contributed by atoms with Crippen molar-refractivity contribution in [3.63, 3.8) is 0 Å². The molecule has 2 rings (SSSR count). The number of nitrogens with zero attached hydrogens (tertiary/aromatic N) is 4. The molecule has 0 aromatic carbocycles. The van der Waals surface area contributed by atoms with E-state index in [9.17, 15) is 0 Å². The van der Waals surface area contributed by atoms with Crippen LogP contribution in [0.25, 0.3) is 11.5 Å². The molecule has 2 heterocycles. The van der Waals surface area contributed by atoms with E-state index in [4.69, 9.17) is 9.78 Å². The molecule has 0 spiro atoms. The monoisotopic (exact) mass is 412 g/mol. The van der Waals surface area contributed by atoms with Crippen molar-refractivity contribution < 1.29 is 4.52 Å². The SMILES string of the molecule is CCC(C)(CC#N)Cc1nc(-c2ncc(Br)cc2Br)no1. The van der Waals surface area contributed by atoms with Crippen LogP contribution in [0.3, 0.4) is 0 Å². The van der Waals surface area contributed by atoms with Crippen LogP contribution in [-0.4, -0.2) is 15.1 Å². The minimum atomic E-state index is -0.150. The molecular formula is C14H14Br2N4O. The zero-order chi connectivity index (χ0) is 15.5. The van der Waals surface area contributed by atoms with E-state index in [1.165, 1.54) is 0 Å². The Morgan fingerprint density at radius 2 is 2.19 bits per heavy atom. The lowest BCUT2D eigenvalue weighted by Gasteiger charge is -2.22. The van der Waals surface area contributed by atoms with Crippen LogP contribution in [0.15, 0.2) is 25.7 Å². The summed E-state index contributed by atoms with van der Waals surface area (Å²) in [7, 11) is 0. The molecule has 0 bridgehead atoms. The van der Waals surface area contributed by atoms with Crippen molar-refractivity contribution in [2.24, 2.45) is 5.41 Å². The second-order valence-corrected chi connectivity index (χ2v) is 6.94. The van der Waals surface area contributed by atoms with E-state index in [-0.39, 0.29) is 5.41 Å². The Hall–Kier alpha value is -1.26. The molecule has 0 N–H and O–H groups in total. The van der Waals surface area contributed by atoms with E-state index >= 15 is 0 Å². The van der Waals surface area contributed by atoms with Gasteiger partial charge in [-0.05, 0) is 49.8 Å². The third kappa shape index (κ3) is 3.89. The zero-order valence-corrected chi connectivity index (χ0v) is 14.9. The van der Waals surface area contributed by atoms with Gasteiger partial charge in [-0.3, -0.25) is 4.98 Å². The lowest BCUT2D eigenvalue weighted by atomic mass is 9.81. The van der Waals surface area contributed by atoms with E-state index in [0.29, 0.717) is 30.3 Å². The number of hydrogen-bond acceptors (Lipinski definition) is 5. The first-order valence-electron chi connectivity index (χ1n) is 6.48.